The minimum absolute atomic E-state index is 0.0425. The molecule has 2 N–H and O–H groups in total. The number of fused-ring (bicyclic) bond motifs is 3. The number of hydrogen-bond donors (Lipinski definition) is 2. The summed E-state index contributed by atoms with van der Waals surface area (Å²) >= 11 is 0. The molecule has 1 saturated carbocycles. The van der Waals surface area contributed by atoms with E-state index in [2.05, 4.69) is 15.5 Å². The van der Waals surface area contributed by atoms with Crippen LogP contribution in [0.4, 0.5) is 0 Å². The molecule has 2 saturated heterocycles. The molecule has 3 fully saturated rings. The van der Waals surface area contributed by atoms with Crippen molar-refractivity contribution in [3.63, 3.8) is 0 Å². The maximum Gasteiger partial charge on any atom is 0.329 e. The van der Waals surface area contributed by atoms with Crippen molar-refractivity contribution in [2.24, 2.45) is 41.4 Å². The summed E-state index contributed by atoms with van der Waals surface area (Å²) in [6, 6.07) is -1.17. The van der Waals surface area contributed by atoms with Crippen LogP contribution in [0.2, 0.25) is 0 Å². The van der Waals surface area contributed by atoms with Crippen LogP contribution >= 0.6 is 0 Å². The third-order valence-corrected chi connectivity index (χ3v) is 15.3. The van der Waals surface area contributed by atoms with Gasteiger partial charge >= 0.3 is 5.97 Å². The van der Waals surface area contributed by atoms with E-state index >= 15 is 0 Å². The molecule has 0 radical (unpaired) electrons. The van der Waals surface area contributed by atoms with E-state index in [1.165, 1.54) is 4.90 Å². The lowest BCUT2D eigenvalue weighted by Crippen LogP contribution is -2.61. The zero-order valence-electron chi connectivity index (χ0n) is 42.1. The number of piperidine rings is 1. The SMILES string of the molecule is CO[C@H]1C[C@@H]2CC[C@@H](C)[C@@](O)(O2)C(=O)C(=O)N2CCCC[C@H]2C(=O)O[C@H]([C@H](C)C[C@@H]2CC[C@H](n3cnnn3)[C@H](OC)C2)CC(=O)[C@H](C)/C=C(\C)[C@@H](O)[C@@H](C)C(=O)[C@H](C)C[C@H](C)/C=C/C=CC=C1C. The average Bonchev–Trinajstić information content (AvgIpc) is 3.87. The number of tetrazole rings is 1. The smallest absolute Gasteiger partial charge is 0.329 e. The summed E-state index contributed by atoms with van der Waals surface area (Å²) in [5, 5.41) is 35.1. The molecule has 68 heavy (non-hydrogen) atoms. The molecule has 16 nitrogen and oxygen atoms in total. The van der Waals surface area contributed by atoms with Crippen LogP contribution < -0.4 is 0 Å². The normalized spacial score (nSPS) is 37.9. The van der Waals surface area contributed by atoms with Crippen molar-refractivity contribution in [3.05, 3.63) is 53.9 Å². The second kappa shape index (κ2) is 25.1. The van der Waals surface area contributed by atoms with Gasteiger partial charge in [0.15, 0.2) is 0 Å². The van der Waals surface area contributed by atoms with Crippen molar-refractivity contribution in [2.45, 2.75) is 181 Å². The van der Waals surface area contributed by atoms with Gasteiger partial charge in [-0.1, -0.05) is 78.0 Å². The number of aliphatic hydroxyl groups is 2. The summed E-state index contributed by atoms with van der Waals surface area (Å²) in [4.78, 5) is 72.1. The van der Waals surface area contributed by atoms with E-state index < -0.39 is 71.7 Å². The van der Waals surface area contributed by atoms with Gasteiger partial charge in [0.2, 0.25) is 5.79 Å². The molecule has 0 aromatic carbocycles. The first-order valence-electron chi connectivity index (χ1n) is 25.0. The second-order valence-electron chi connectivity index (χ2n) is 20.5. The number of carbonyl (C=O) groups excluding carboxylic acids is 5. The van der Waals surface area contributed by atoms with Gasteiger partial charge in [0.05, 0.1) is 30.5 Å². The van der Waals surface area contributed by atoms with Crippen LogP contribution in [0.5, 0.6) is 0 Å². The van der Waals surface area contributed by atoms with E-state index in [1.807, 2.05) is 58.1 Å². The molecule has 15 atom stereocenters. The third kappa shape index (κ3) is 13.8. The number of ketones is 3. The number of cyclic esters (lactones) is 1. The Balaban J connectivity index is 1.45. The Morgan fingerprint density at radius 3 is 2.34 bits per heavy atom. The van der Waals surface area contributed by atoms with Gasteiger partial charge in [-0.25, -0.2) is 9.48 Å². The topological polar surface area (TPSA) is 210 Å². The van der Waals surface area contributed by atoms with Crippen LogP contribution in [0.15, 0.2) is 53.9 Å². The Labute approximate surface area is 403 Å². The van der Waals surface area contributed by atoms with Crippen LogP contribution in [0.1, 0.15) is 138 Å². The van der Waals surface area contributed by atoms with Crippen molar-refractivity contribution in [2.75, 3.05) is 20.8 Å². The third-order valence-electron chi connectivity index (χ3n) is 15.3. The van der Waals surface area contributed by atoms with Crippen molar-refractivity contribution in [1.82, 2.24) is 25.1 Å². The number of Topliss-reactive ketones (excluding diaryl/α,β-unsaturated/α-hetero) is 3. The summed E-state index contributed by atoms with van der Waals surface area (Å²) in [7, 11) is 3.25. The van der Waals surface area contributed by atoms with E-state index in [0.717, 1.165) is 18.4 Å². The van der Waals surface area contributed by atoms with Crippen LogP contribution in [-0.4, -0.2) is 128 Å². The van der Waals surface area contributed by atoms with Crippen molar-refractivity contribution < 1.29 is 53.1 Å². The molecule has 1 aromatic rings. The first-order chi connectivity index (χ1) is 32.3. The Morgan fingerprint density at radius 1 is 0.897 bits per heavy atom. The average molecular weight is 950 g/mol. The number of nitrogens with zero attached hydrogens (tertiary/aromatic N) is 5. The molecule has 1 amide bonds. The summed E-state index contributed by atoms with van der Waals surface area (Å²) in [5.41, 5.74) is 1.39. The van der Waals surface area contributed by atoms with E-state index in [4.69, 9.17) is 18.9 Å². The molecule has 5 rings (SSSR count). The van der Waals surface area contributed by atoms with E-state index in [-0.39, 0.29) is 66.8 Å². The molecule has 4 heterocycles. The lowest BCUT2D eigenvalue weighted by Gasteiger charge is -2.42. The lowest BCUT2D eigenvalue weighted by molar-refractivity contribution is -0.265. The Morgan fingerprint density at radius 2 is 1.65 bits per heavy atom. The molecule has 3 aliphatic heterocycles. The minimum atomic E-state index is -2.42. The molecule has 4 aliphatic rings. The number of hydrogen-bond acceptors (Lipinski definition) is 14. The van der Waals surface area contributed by atoms with Crippen molar-refractivity contribution in [1.29, 1.82) is 0 Å². The highest BCUT2D eigenvalue weighted by Crippen LogP contribution is 2.39. The number of ether oxygens (including phenoxy) is 4. The lowest BCUT2D eigenvalue weighted by atomic mass is 9.77. The second-order valence-corrected chi connectivity index (χ2v) is 20.5. The molecule has 0 spiro atoms. The number of carbonyl (C=O) groups is 5. The number of aromatic nitrogens is 4. The molecule has 1 aliphatic carbocycles. The highest BCUT2D eigenvalue weighted by atomic mass is 16.6. The van der Waals surface area contributed by atoms with Gasteiger partial charge in [-0.15, -0.1) is 5.10 Å². The number of rotatable bonds is 6. The van der Waals surface area contributed by atoms with E-state index in [1.54, 1.807) is 59.0 Å². The Kier molecular flexibility index (Phi) is 20.2. The zero-order valence-corrected chi connectivity index (χ0v) is 42.1. The van der Waals surface area contributed by atoms with Gasteiger partial charge in [-0.2, -0.15) is 0 Å². The molecule has 16 heteroatoms. The highest BCUT2D eigenvalue weighted by Gasteiger charge is 2.53. The summed E-state index contributed by atoms with van der Waals surface area (Å²) in [6.07, 6.45) is 15.7. The Bertz CT molecular complexity index is 2000. The Hall–Kier alpha value is -4.22. The van der Waals surface area contributed by atoms with Gasteiger partial charge in [-0.05, 0) is 117 Å². The number of allylic oxidation sites excluding steroid dienone is 6. The van der Waals surface area contributed by atoms with Gasteiger partial charge in [0.25, 0.3) is 11.7 Å². The van der Waals surface area contributed by atoms with Gasteiger partial charge < -0.3 is 34.1 Å². The van der Waals surface area contributed by atoms with E-state index in [0.29, 0.717) is 56.9 Å². The number of aliphatic hydroxyl groups excluding tert-OH is 1. The number of esters is 1. The maximum atomic E-state index is 14.5. The van der Waals surface area contributed by atoms with Crippen molar-refractivity contribution in [3.8, 4) is 0 Å². The fourth-order valence-corrected chi connectivity index (χ4v) is 10.8. The quantitative estimate of drug-likeness (QED) is 0.174. The largest absolute Gasteiger partial charge is 0.460 e. The maximum absolute atomic E-state index is 14.5. The first kappa shape index (κ1) is 54.7. The first-order valence-corrected chi connectivity index (χ1v) is 25.0. The summed E-state index contributed by atoms with van der Waals surface area (Å²) in [6.45, 7) is 14.7. The minimum Gasteiger partial charge on any atom is -0.460 e. The number of amides is 1. The van der Waals surface area contributed by atoms with Crippen LogP contribution in [-0.2, 0) is 42.9 Å². The van der Waals surface area contributed by atoms with Gasteiger partial charge in [0, 0.05) is 57.3 Å². The van der Waals surface area contributed by atoms with Crippen molar-refractivity contribution >= 4 is 29.2 Å². The molecule has 1 aromatic heterocycles. The fraction of sp³-hybridized carbons (Fsp3) is 0.731. The predicted molar refractivity (Wildman–Crippen MR) is 254 cm³/mol. The highest BCUT2D eigenvalue weighted by molar-refractivity contribution is 6.39. The van der Waals surface area contributed by atoms with Crippen LogP contribution in [0, 0.1) is 41.4 Å². The molecular formula is C52H79N5O11. The number of methoxy groups -OCH3 is 2. The monoisotopic (exact) mass is 950 g/mol. The molecule has 2 bridgehead atoms. The van der Waals surface area contributed by atoms with Crippen LogP contribution in [0.3, 0.4) is 0 Å². The molecule has 378 valence electrons. The standard InChI is InChI=1S/C52H79N5O11/c1-31-16-12-11-13-17-32(2)44(65-9)28-40-21-19-37(7)52(64,68-40)49(61)50(62)56-23-15-14-18-42(56)51(63)67-45(29-43(58)33(3)25-36(6)48(60)38(8)47(59)35(5)24-31)34(4)26-39-20-22-41(46(27-39)66-10)57-30-53-54-55-57/h11-13,16-17,25,30-31,33-35,37-42,44-46,48,60,64H,14-15,18-24,26-29H2,1-10H3/b13-11?,16-12+,32-17?,36-25+/t31-,33-,34-,35-,37-,38+,39+,40+,41+,42+,44+,45+,46-,48-,52-/m1/s1. The van der Waals surface area contributed by atoms with Crippen LogP contribution in [0.25, 0.3) is 0 Å². The summed E-state index contributed by atoms with van der Waals surface area (Å²) < 4.78 is 26.0. The summed E-state index contributed by atoms with van der Waals surface area (Å²) in [5.74, 6) is -8.09. The predicted octanol–water partition coefficient (Wildman–Crippen LogP) is 6.67. The zero-order chi connectivity index (χ0) is 49.9. The van der Waals surface area contributed by atoms with E-state index in [9.17, 15) is 34.2 Å². The van der Waals surface area contributed by atoms with Gasteiger partial charge in [-0.3, -0.25) is 19.2 Å². The molecular weight excluding hydrogens is 871 g/mol. The molecule has 0 unspecified atom stereocenters. The van der Waals surface area contributed by atoms with Gasteiger partial charge in [0.1, 0.15) is 30.0 Å². The fourth-order valence-electron chi connectivity index (χ4n) is 10.8.